The normalized spacial score (nSPS) is 16.7. The summed E-state index contributed by atoms with van der Waals surface area (Å²) < 4.78 is 15.3. The predicted molar refractivity (Wildman–Crippen MR) is 101 cm³/mol. The van der Waals surface area contributed by atoms with Crippen molar-refractivity contribution >= 4 is 22.2 Å². The summed E-state index contributed by atoms with van der Waals surface area (Å²) in [5.41, 5.74) is 1.83. The number of thiazole rings is 1. The van der Waals surface area contributed by atoms with Crippen LogP contribution in [0.5, 0.6) is 0 Å². The Balaban J connectivity index is 1.44. The summed E-state index contributed by atoms with van der Waals surface area (Å²) >= 11 is 1.56. The average molecular weight is 371 g/mol. The molecular weight excluding hydrogens is 349 g/mol. The molecular formula is C20H22FN3OS. The van der Waals surface area contributed by atoms with E-state index in [2.05, 4.69) is 10.3 Å². The van der Waals surface area contributed by atoms with Crippen molar-refractivity contribution in [2.24, 2.45) is 0 Å². The second kappa shape index (κ2) is 7.19. The van der Waals surface area contributed by atoms with Crippen LogP contribution in [0.4, 0.5) is 4.39 Å². The standard InChI is InChI=1S/C20H22FN3OS/c21-16-6-4-15(5-7-16)20(8-2-1-3-9-20)14-22-18(25)12-17-13-24-10-11-26-19(24)23-17/h4-7,10-11,13H,1-3,8-9,12,14H2,(H,22,25). The fourth-order valence-corrected chi connectivity index (χ4v) is 4.67. The summed E-state index contributed by atoms with van der Waals surface area (Å²) in [6.45, 7) is 0.597. The second-order valence-corrected chi connectivity index (χ2v) is 8.00. The Kier molecular flexibility index (Phi) is 4.76. The van der Waals surface area contributed by atoms with E-state index in [-0.39, 0.29) is 23.6 Å². The number of benzene rings is 1. The first-order chi connectivity index (χ1) is 12.6. The molecule has 1 aromatic carbocycles. The van der Waals surface area contributed by atoms with Crippen molar-refractivity contribution in [3.63, 3.8) is 0 Å². The van der Waals surface area contributed by atoms with E-state index in [0.29, 0.717) is 6.54 Å². The summed E-state index contributed by atoms with van der Waals surface area (Å²) in [6, 6.07) is 6.78. The molecule has 0 aliphatic heterocycles. The number of imidazole rings is 1. The molecule has 3 aromatic rings. The van der Waals surface area contributed by atoms with Gasteiger partial charge in [-0.25, -0.2) is 9.37 Å². The SMILES string of the molecule is O=C(Cc1cn2ccsc2n1)NCC1(c2ccc(F)cc2)CCCCC1. The molecule has 0 bridgehead atoms. The van der Waals surface area contributed by atoms with Gasteiger partial charge in [-0.3, -0.25) is 9.20 Å². The number of rotatable bonds is 5. The van der Waals surface area contributed by atoms with Gasteiger partial charge in [0.1, 0.15) is 5.82 Å². The van der Waals surface area contributed by atoms with E-state index in [1.807, 2.05) is 34.3 Å². The van der Waals surface area contributed by atoms with Crippen LogP contribution in [0, 0.1) is 5.82 Å². The van der Waals surface area contributed by atoms with E-state index in [4.69, 9.17) is 0 Å². The molecule has 1 aliphatic carbocycles. The van der Waals surface area contributed by atoms with Gasteiger partial charge in [0.2, 0.25) is 5.91 Å². The fraction of sp³-hybridized carbons (Fsp3) is 0.400. The first-order valence-corrected chi connectivity index (χ1v) is 9.96. The lowest BCUT2D eigenvalue weighted by Gasteiger charge is -2.38. The summed E-state index contributed by atoms with van der Waals surface area (Å²) in [4.78, 5) is 17.8. The van der Waals surface area contributed by atoms with E-state index in [9.17, 15) is 9.18 Å². The highest BCUT2D eigenvalue weighted by Gasteiger charge is 2.34. The number of nitrogens with zero attached hydrogens (tertiary/aromatic N) is 2. The van der Waals surface area contributed by atoms with Gasteiger partial charge in [0.05, 0.1) is 12.1 Å². The van der Waals surface area contributed by atoms with E-state index in [1.54, 1.807) is 11.3 Å². The second-order valence-electron chi connectivity index (χ2n) is 7.13. The molecule has 0 unspecified atom stereocenters. The molecule has 4 nitrogen and oxygen atoms in total. The van der Waals surface area contributed by atoms with Crippen molar-refractivity contribution in [1.82, 2.24) is 14.7 Å². The molecule has 1 aliphatic rings. The minimum Gasteiger partial charge on any atom is -0.355 e. The molecule has 4 rings (SSSR count). The van der Waals surface area contributed by atoms with Crippen LogP contribution < -0.4 is 5.32 Å². The third-order valence-corrected chi connectivity index (χ3v) is 6.15. The van der Waals surface area contributed by atoms with Gasteiger partial charge in [-0.2, -0.15) is 0 Å². The van der Waals surface area contributed by atoms with Crippen molar-refractivity contribution in [2.75, 3.05) is 6.54 Å². The minimum absolute atomic E-state index is 0.0113. The molecule has 0 saturated heterocycles. The molecule has 26 heavy (non-hydrogen) atoms. The lowest BCUT2D eigenvalue weighted by molar-refractivity contribution is -0.120. The first kappa shape index (κ1) is 17.2. The van der Waals surface area contributed by atoms with Crippen molar-refractivity contribution in [2.45, 2.75) is 43.9 Å². The van der Waals surface area contributed by atoms with E-state index < -0.39 is 0 Å². The highest BCUT2D eigenvalue weighted by molar-refractivity contribution is 7.15. The molecule has 0 atom stereocenters. The van der Waals surface area contributed by atoms with Crippen LogP contribution >= 0.6 is 11.3 Å². The third kappa shape index (κ3) is 3.51. The number of hydrogen-bond acceptors (Lipinski definition) is 3. The quantitative estimate of drug-likeness (QED) is 0.734. The zero-order valence-electron chi connectivity index (χ0n) is 14.6. The van der Waals surface area contributed by atoms with E-state index in [0.717, 1.165) is 41.9 Å². The van der Waals surface area contributed by atoms with Gasteiger partial charge in [0.15, 0.2) is 4.96 Å². The third-order valence-electron chi connectivity index (χ3n) is 5.38. The van der Waals surface area contributed by atoms with Crippen molar-refractivity contribution < 1.29 is 9.18 Å². The van der Waals surface area contributed by atoms with Crippen molar-refractivity contribution in [1.29, 1.82) is 0 Å². The average Bonchev–Trinajstić information content (AvgIpc) is 3.23. The minimum atomic E-state index is -0.219. The summed E-state index contributed by atoms with van der Waals surface area (Å²) in [7, 11) is 0. The maximum atomic E-state index is 13.3. The Bertz CT molecular complexity index is 865. The van der Waals surface area contributed by atoms with Crippen LogP contribution in [0.1, 0.15) is 43.4 Å². The van der Waals surface area contributed by atoms with Gasteiger partial charge in [-0.15, -0.1) is 11.3 Å². The van der Waals surface area contributed by atoms with Crippen LogP contribution in [0.2, 0.25) is 0 Å². The van der Waals surface area contributed by atoms with Gasteiger partial charge in [0.25, 0.3) is 0 Å². The lowest BCUT2D eigenvalue weighted by atomic mass is 9.69. The zero-order chi connectivity index (χ0) is 18.0. The molecule has 0 radical (unpaired) electrons. The fourth-order valence-electron chi connectivity index (χ4n) is 3.96. The predicted octanol–water partition coefficient (Wildman–Crippen LogP) is 4.10. The Morgan fingerprint density at radius 2 is 2.00 bits per heavy atom. The molecule has 1 fully saturated rings. The van der Waals surface area contributed by atoms with Gasteiger partial charge in [0, 0.05) is 29.7 Å². The number of halogens is 1. The number of carbonyl (C=O) groups is 1. The molecule has 2 aromatic heterocycles. The van der Waals surface area contributed by atoms with Gasteiger partial charge in [-0.1, -0.05) is 31.4 Å². The van der Waals surface area contributed by atoms with E-state index in [1.165, 1.54) is 18.6 Å². The van der Waals surface area contributed by atoms with Crippen LogP contribution in [0.15, 0.2) is 42.0 Å². The molecule has 0 spiro atoms. The maximum Gasteiger partial charge on any atom is 0.226 e. The highest BCUT2D eigenvalue weighted by Crippen LogP contribution is 2.39. The number of carbonyl (C=O) groups excluding carboxylic acids is 1. The van der Waals surface area contributed by atoms with Crippen molar-refractivity contribution in [3.05, 3.63) is 59.1 Å². The Morgan fingerprint density at radius 3 is 2.73 bits per heavy atom. The Hall–Kier alpha value is -2.21. The monoisotopic (exact) mass is 371 g/mol. The first-order valence-electron chi connectivity index (χ1n) is 9.08. The summed E-state index contributed by atoms with van der Waals surface area (Å²) in [5.74, 6) is -0.230. The molecule has 6 heteroatoms. The van der Waals surface area contributed by atoms with Gasteiger partial charge >= 0.3 is 0 Å². The Labute approximate surface area is 156 Å². The number of aromatic nitrogens is 2. The highest BCUT2D eigenvalue weighted by atomic mass is 32.1. The summed E-state index contributed by atoms with van der Waals surface area (Å²) in [6.07, 6.45) is 9.70. The Morgan fingerprint density at radius 1 is 1.23 bits per heavy atom. The molecule has 2 heterocycles. The van der Waals surface area contributed by atoms with Crippen molar-refractivity contribution in [3.8, 4) is 0 Å². The van der Waals surface area contributed by atoms with Crippen LogP contribution in [-0.4, -0.2) is 21.8 Å². The number of nitrogens with one attached hydrogen (secondary N) is 1. The van der Waals surface area contributed by atoms with Crippen LogP contribution in [0.25, 0.3) is 4.96 Å². The largest absolute Gasteiger partial charge is 0.355 e. The number of fused-ring (bicyclic) bond motifs is 1. The zero-order valence-corrected chi connectivity index (χ0v) is 15.4. The van der Waals surface area contributed by atoms with Gasteiger partial charge in [-0.05, 0) is 30.5 Å². The topological polar surface area (TPSA) is 46.4 Å². The summed E-state index contributed by atoms with van der Waals surface area (Å²) in [5, 5.41) is 5.09. The molecule has 1 saturated carbocycles. The maximum absolute atomic E-state index is 13.3. The lowest BCUT2D eigenvalue weighted by Crippen LogP contribution is -2.42. The molecule has 1 amide bonds. The number of amides is 1. The number of hydrogen-bond donors (Lipinski definition) is 1. The smallest absolute Gasteiger partial charge is 0.226 e. The van der Waals surface area contributed by atoms with Crippen LogP contribution in [-0.2, 0) is 16.6 Å². The van der Waals surface area contributed by atoms with Crippen LogP contribution in [0.3, 0.4) is 0 Å². The molecule has 1 N–H and O–H groups in total. The van der Waals surface area contributed by atoms with E-state index >= 15 is 0 Å². The van der Waals surface area contributed by atoms with Gasteiger partial charge < -0.3 is 5.32 Å². The molecule has 136 valence electrons.